The molecule has 0 amide bonds. The molecule has 0 unspecified atom stereocenters. The predicted octanol–water partition coefficient (Wildman–Crippen LogP) is 1.16. The molecule has 52 valence electrons. The van der Waals surface area contributed by atoms with Gasteiger partial charge in [-0.05, 0) is 19.1 Å². The van der Waals surface area contributed by atoms with E-state index >= 15 is 0 Å². The molecule has 0 radical (unpaired) electrons. The van der Waals surface area contributed by atoms with Gasteiger partial charge in [0.25, 0.3) is 0 Å². The van der Waals surface area contributed by atoms with E-state index in [0.717, 1.165) is 6.54 Å². The van der Waals surface area contributed by atoms with Crippen LogP contribution in [-0.4, -0.2) is 11.6 Å². The number of nitrogens with one attached hydrogen (secondary N) is 1. The first-order valence-corrected chi connectivity index (χ1v) is 3.45. The van der Waals surface area contributed by atoms with E-state index < -0.39 is 0 Å². The molecule has 0 atom stereocenters. The van der Waals surface area contributed by atoms with E-state index in [9.17, 15) is 0 Å². The van der Waals surface area contributed by atoms with Crippen molar-refractivity contribution < 1.29 is 0 Å². The normalized spacial score (nSPS) is 21.5. The van der Waals surface area contributed by atoms with Crippen molar-refractivity contribution in [1.82, 2.24) is 10.4 Å². The fraction of sp³-hybridized carbons (Fsp3) is 0.250. The number of fused-ring (bicyclic) bond motifs is 1. The van der Waals surface area contributed by atoms with Crippen LogP contribution in [0.2, 0.25) is 0 Å². The van der Waals surface area contributed by atoms with Gasteiger partial charge in [0.1, 0.15) is 0 Å². The van der Waals surface area contributed by atoms with Gasteiger partial charge in [-0.1, -0.05) is 12.2 Å². The molecular formula is C8H10N2. The van der Waals surface area contributed by atoms with E-state index in [2.05, 4.69) is 41.7 Å². The molecule has 0 saturated heterocycles. The molecule has 2 aliphatic rings. The molecule has 2 nitrogen and oxygen atoms in total. The van der Waals surface area contributed by atoms with Crippen LogP contribution in [0.15, 0.2) is 35.7 Å². The highest BCUT2D eigenvalue weighted by molar-refractivity contribution is 5.32. The highest BCUT2D eigenvalue weighted by Gasteiger charge is 2.13. The third-order valence-corrected chi connectivity index (χ3v) is 1.68. The molecule has 0 aromatic carbocycles. The van der Waals surface area contributed by atoms with Crippen molar-refractivity contribution in [1.29, 1.82) is 0 Å². The van der Waals surface area contributed by atoms with E-state index in [0.29, 0.717) is 0 Å². The summed E-state index contributed by atoms with van der Waals surface area (Å²) in [6.45, 7) is 3.04. The Kier molecular flexibility index (Phi) is 1.07. The lowest BCUT2D eigenvalue weighted by Crippen LogP contribution is -2.31. The summed E-state index contributed by atoms with van der Waals surface area (Å²) in [5.74, 6) is 0. The van der Waals surface area contributed by atoms with Gasteiger partial charge in [-0.2, -0.15) is 0 Å². The van der Waals surface area contributed by atoms with Crippen LogP contribution in [0.25, 0.3) is 0 Å². The second-order valence-corrected chi connectivity index (χ2v) is 2.57. The van der Waals surface area contributed by atoms with Gasteiger partial charge in [0.05, 0.1) is 12.2 Å². The number of hydrazine groups is 1. The summed E-state index contributed by atoms with van der Waals surface area (Å²) in [5.41, 5.74) is 5.71. The van der Waals surface area contributed by atoms with Crippen molar-refractivity contribution in [3.8, 4) is 0 Å². The van der Waals surface area contributed by atoms with Gasteiger partial charge >= 0.3 is 0 Å². The van der Waals surface area contributed by atoms with Crippen LogP contribution in [0.5, 0.6) is 0 Å². The van der Waals surface area contributed by atoms with Crippen LogP contribution in [0.1, 0.15) is 6.92 Å². The summed E-state index contributed by atoms with van der Waals surface area (Å²) in [7, 11) is 0. The van der Waals surface area contributed by atoms with Gasteiger partial charge in [0.15, 0.2) is 0 Å². The van der Waals surface area contributed by atoms with Crippen LogP contribution < -0.4 is 5.43 Å². The molecular weight excluding hydrogens is 124 g/mol. The monoisotopic (exact) mass is 134 g/mol. The molecule has 2 aliphatic heterocycles. The Bertz CT molecular complexity index is 236. The van der Waals surface area contributed by atoms with Crippen molar-refractivity contribution in [2.45, 2.75) is 6.92 Å². The molecule has 2 rings (SSSR count). The lowest BCUT2D eigenvalue weighted by atomic mass is 10.3. The first-order chi connectivity index (χ1) is 4.86. The smallest absolute Gasteiger partial charge is 0.0593 e. The number of nitrogens with zero attached hydrogens (tertiary/aromatic N) is 1. The van der Waals surface area contributed by atoms with Gasteiger partial charge in [0.2, 0.25) is 0 Å². The number of allylic oxidation sites excluding steroid dienone is 4. The van der Waals surface area contributed by atoms with Crippen molar-refractivity contribution in [3.63, 3.8) is 0 Å². The molecule has 0 spiro atoms. The second-order valence-electron chi connectivity index (χ2n) is 2.57. The van der Waals surface area contributed by atoms with Crippen molar-refractivity contribution in [2.75, 3.05) is 6.54 Å². The van der Waals surface area contributed by atoms with Gasteiger partial charge < -0.3 is 5.43 Å². The minimum Gasteiger partial charge on any atom is -0.302 e. The van der Waals surface area contributed by atoms with Crippen LogP contribution in [0, 0.1) is 0 Å². The van der Waals surface area contributed by atoms with E-state index in [-0.39, 0.29) is 0 Å². The quantitative estimate of drug-likeness (QED) is 0.535. The average molecular weight is 134 g/mol. The Morgan fingerprint density at radius 1 is 1.60 bits per heavy atom. The van der Waals surface area contributed by atoms with Crippen molar-refractivity contribution >= 4 is 0 Å². The third-order valence-electron chi connectivity index (χ3n) is 1.68. The minimum absolute atomic E-state index is 0.972. The summed E-state index contributed by atoms with van der Waals surface area (Å²) >= 11 is 0. The maximum atomic E-state index is 3.23. The first-order valence-electron chi connectivity index (χ1n) is 3.45. The summed E-state index contributed by atoms with van der Waals surface area (Å²) in [6.07, 6.45) is 8.46. The predicted molar refractivity (Wildman–Crippen MR) is 40.8 cm³/mol. The van der Waals surface area contributed by atoms with Gasteiger partial charge in [-0.25, -0.2) is 0 Å². The molecule has 0 aromatic heterocycles. The Morgan fingerprint density at radius 2 is 2.50 bits per heavy atom. The molecule has 10 heavy (non-hydrogen) atoms. The number of rotatable bonds is 0. The second kappa shape index (κ2) is 1.90. The summed E-state index contributed by atoms with van der Waals surface area (Å²) in [6, 6.07) is 0. The highest BCUT2D eigenvalue weighted by atomic mass is 15.5. The zero-order valence-corrected chi connectivity index (χ0v) is 5.96. The fourth-order valence-corrected chi connectivity index (χ4v) is 1.23. The Balaban J connectivity index is 2.31. The molecule has 1 N–H and O–H groups in total. The zero-order valence-electron chi connectivity index (χ0n) is 5.96. The average Bonchev–Trinajstić information content (AvgIpc) is 2.27. The third kappa shape index (κ3) is 0.727. The number of hydrogen-bond donors (Lipinski definition) is 1. The minimum atomic E-state index is 0.972. The summed E-state index contributed by atoms with van der Waals surface area (Å²) < 4.78 is 0. The molecule has 0 aliphatic carbocycles. The lowest BCUT2D eigenvalue weighted by molar-refractivity contribution is 0.334. The Morgan fingerprint density at radius 3 is 3.30 bits per heavy atom. The van der Waals surface area contributed by atoms with Crippen LogP contribution >= 0.6 is 0 Å². The standard InChI is InChI=1S/C8H10N2/c1-7-6-8-4-2-3-5-10(8)9-7/h2-4,6,9H,5H2,1H3. The summed E-state index contributed by atoms with van der Waals surface area (Å²) in [4.78, 5) is 0. The zero-order chi connectivity index (χ0) is 6.97. The van der Waals surface area contributed by atoms with E-state index in [1.165, 1.54) is 11.4 Å². The maximum Gasteiger partial charge on any atom is 0.0593 e. The molecule has 2 heterocycles. The first kappa shape index (κ1) is 5.59. The lowest BCUT2D eigenvalue weighted by Gasteiger charge is -2.21. The number of hydrogen-bond acceptors (Lipinski definition) is 2. The largest absolute Gasteiger partial charge is 0.302 e. The van der Waals surface area contributed by atoms with Crippen molar-refractivity contribution in [2.24, 2.45) is 0 Å². The molecule has 0 fully saturated rings. The molecule has 2 heteroatoms. The van der Waals surface area contributed by atoms with Crippen molar-refractivity contribution in [3.05, 3.63) is 35.7 Å². The van der Waals surface area contributed by atoms with Crippen LogP contribution in [-0.2, 0) is 0 Å². The molecule has 0 bridgehead atoms. The molecule has 0 aromatic rings. The van der Waals surface area contributed by atoms with E-state index in [1.807, 2.05) is 0 Å². The summed E-state index contributed by atoms with van der Waals surface area (Å²) in [5, 5.41) is 2.12. The van der Waals surface area contributed by atoms with Crippen LogP contribution in [0.3, 0.4) is 0 Å². The Hall–Kier alpha value is -1.18. The SMILES string of the molecule is CC1=CC2=CC=CCN2N1. The molecule has 0 saturated carbocycles. The van der Waals surface area contributed by atoms with Gasteiger partial charge in [-0.15, -0.1) is 0 Å². The van der Waals surface area contributed by atoms with Gasteiger partial charge in [-0.3, -0.25) is 5.01 Å². The maximum absolute atomic E-state index is 3.23. The van der Waals surface area contributed by atoms with E-state index in [4.69, 9.17) is 0 Å². The van der Waals surface area contributed by atoms with Crippen LogP contribution in [0.4, 0.5) is 0 Å². The Labute approximate surface area is 60.5 Å². The van der Waals surface area contributed by atoms with E-state index in [1.54, 1.807) is 0 Å². The van der Waals surface area contributed by atoms with Gasteiger partial charge in [0, 0.05) is 5.70 Å². The topological polar surface area (TPSA) is 15.3 Å². The highest BCUT2D eigenvalue weighted by Crippen LogP contribution is 2.16. The fourth-order valence-electron chi connectivity index (χ4n) is 1.23.